The van der Waals surface area contributed by atoms with Crippen LogP contribution in [0.3, 0.4) is 0 Å². The molecule has 3 unspecified atom stereocenters. The molecule has 2 aliphatic rings. The molecule has 0 aromatic rings. The van der Waals surface area contributed by atoms with E-state index in [4.69, 9.17) is 5.11 Å². The Morgan fingerprint density at radius 2 is 2.10 bits per heavy atom. The topological polar surface area (TPSA) is 35.5 Å². The zero-order chi connectivity index (χ0) is 14.6. The van der Waals surface area contributed by atoms with Crippen LogP contribution in [-0.4, -0.2) is 48.3 Å². The van der Waals surface area contributed by atoms with Crippen LogP contribution in [-0.2, 0) is 0 Å². The maximum atomic E-state index is 9.05. The summed E-state index contributed by atoms with van der Waals surface area (Å²) in [6.07, 6.45) is 7.55. The lowest BCUT2D eigenvalue weighted by Crippen LogP contribution is -2.46. The Kier molecular flexibility index (Phi) is 5.88. The van der Waals surface area contributed by atoms with Gasteiger partial charge in [0.25, 0.3) is 0 Å². The summed E-state index contributed by atoms with van der Waals surface area (Å²) in [6, 6.07) is 1.40. The minimum Gasteiger partial charge on any atom is -0.396 e. The van der Waals surface area contributed by atoms with E-state index >= 15 is 0 Å². The molecule has 0 aromatic heterocycles. The molecular formula is C17H34N2O. The van der Waals surface area contributed by atoms with Gasteiger partial charge in [-0.3, -0.25) is 0 Å². The summed E-state index contributed by atoms with van der Waals surface area (Å²) in [7, 11) is 0. The Morgan fingerprint density at radius 1 is 1.30 bits per heavy atom. The van der Waals surface area contributed by atoms with E-state index < -0.39 is 0 Å². The molecule has 1 saturated heterocycles. The zero-order valence-electron chi connectivity index (χ0n) is 13.7. The second-order valence-electron chi connectivity index (χ2n) is 7.48. The summed E-state index contributed by atoms with van der Waals surface area (Å²) in [5, 5.41) is 12.8. The number of hydrogen-bond acceptors (Lipinski definition) is 3. The van der Waals surface area contributed by atoms with Crippen LogP contribution in [0.25, 0.3) is 0 Å². The summed E-state index contributed by atoms with van der Waals surface area (Å²) < 4.78 is 0. The zero-order valence-corrected chi connectivity index (χ0v) is 13.7. The monoisotopic (exact) mass is 282 g/mol. The van der Waals surface area contributed by atoms with Gasteiger partial charge in [-0.15, -0.1) is 0 Å². The molecule has 0 radical (unpaired) electrons. The molecule has 1 aliphatic heterocycles. The number of aliphatic hydroxyl groups excluding tert-OH is 1. The van der Waals surface area contributed by atoms with Crippen LogP contribution in [0.15, 0.2) is 0 Å². The van der Waals surface area contributed by atoms with Crippen molar-refractivity contribution < 1.29 is 5.11 Å². The first-order valence-electron chi connectivity index (χ1n) is 8.66. The molecule has 1 aliphatic carbocycles. The van der Waals surface area contributed by atoms with E-state index in [1.165, 1.54) is 45.2 Å². The van der Waals surface area contributed by atoms with Crippen molar-refractivity contribution in [2.75, 3.05) is 26.2 Å². The van der Waals surface area contributed by atoms with Gasteiger partial charge in [-0.2, -0.15) is 0 Å². The van der Waals surface area contributed by atoms with Crippen molar-refractivity contribution in [3.8, 4) is 0 Å². The van der Waals surface area contributed by atoms with Gasteiger partial charge >= 0.3 is 0 Å². The average Bonchev–Trinajstić information content (AvgIpc) is 2.96. The molecule has 2 N–H and O–H groups in total. The molecule has 0 amide bonds. The predicted molar refractivity (Wildman–Crippen MR) is 84.9 cm³/mol. The largest absolute Gasteiger partial charge is 0.396 e. The van der Waals surface area contributed by atoms with Crippen molar-refractivity contribution in [2.24, 2.45) is 11.3 Å². The van der Waals surface area contributed by atoms with E-state index in [1.807, 2.05) is 0 Å². The Hall–Kier alpha value is -0.120. The lowest BCUT2D eigenvalue weighted by Gasteiger charge is -2.35. The van der Waals surface area contributed by atoms with Crippen molar-refractivity contribution in [1.29, 1.82) is 0 Å². The molecule has 0 spiro atoms. The predicted octanol–water partition coefficient (Wildman–Crippen LogP) is 2.64. The fourth-order valence-electron chi connectivity index (χ4n) is 4.47. The van der Waals surface area contributed by atoms with Gasteiger partial charge in [0.2, 0.25) is 0 Å². The Bertz CT molecular complexity index is 293. The van der Waals surface area contributed by atoms with E-state index in [-0.39, 0.29) is 0 Å². The maximum absolute atomic E-state index is 9.05. The number of nitrogens with zero attached hydrogens (tertiary/aromatic N) is 1. The van der Waals surface area contributed by atoms with Crippen LogP contribution in [0.2, 0.25) is 0 Å². The standard InChI is InChI=1S/C17H34N2O/c1-4-18-16-14(9-10-17(16,2)3)13-19-11-5-7-15(19)8-6-12-20/h14-16,18,20H,4-13H2,1-3H3. The molecule has 3 nitrogen and oxygen atoms in total. The van der Waals surface area contributed by atoms with Crippen LogP contribution in [0, 0.1) is 11.3 Å². The number of likely N-dealkylation sites (tertiary alicyclic amines) is 1. The third-order valence-electron chi connectivity index (χ3n) is 5.56. The minimum absolute atomic E-state index is 0.348. The van der Waals surface area contributed by atoms with Crippen molar-refractivity contribution in [2.45, 2.75) is 71.4 Å². The van der Waals surface area contributed by atoms with Gasteiger partial charge in [-0.25, -0.2) is 0 Å². The summed E-state index contributed by atoms with van der Waals surface area (Å²) in [5.74, 6) is 0.805. The van der Waals surface area contributed by atoms with Crippen molar-refractivity contribution in [3.05, 3.63) is 0 Å². The number of rotatable bonds is 7. The number of aliphatic hydroxyl groups is 1. The fourth-order valence-corrected chi connectivity index (χ4v) is 4.47. The highest BCUT2D eigenvalue weighted by atomic mass is 16.2. The van der Waals surface area contributed by atoms with Gasteiger partial charge in [-0.05, 0) is 62.9 Å². The molecule has 118 valence electrons. The minimum atomic E-state index is 0.348. The van der Waals surface area contributed by atoms with E-state index in [0.29, 0.717) is 18.1 Å². The van der Waals surface area contributed by atoms with E-state index in [9.17, 15) is 0 Å². The smallest absolute Gasteiger partial charge is 0.0431 e. The average molecular weight is 282 g/mol. The van der Waals surface area contributed by atoms with Crippen molar-refractivity contribution >= 4 is 0 Å². The lowest BCUT2D eigenvalue weighted by molar-refractivity contribution is 0.163. The first-order chi connectivity index (χ1) is 9.58. The number of hydrogen-bond donors (Lipinski definition) is 2. The quantitative estimate of drug-likeness (QED) is 0.753. The first kappa shape index (κ1) is 16.3. The second kappa shape index (κ2) is 7.24. The van der Waals surface area contributed by atoms with Crippen LogP contribution in [0.5, 0.6) is 0 Å². The van der Waals surface area contributed by atoms with Crippen molar-refractivity contribution in [3.63, 3.8) is 0 Å². The lowest BCUT2D eigenvalue weighted by atomic mass is 9.84. The Balaban J connectivity index is 1.91. The van der Waals surface area contributed by atoms with Gasteiger partial charge in [-0.1, -0.05) is 20.8 Å². The molecule has 0 aromatic carbocycles. The second-order valence-corrected chi connectivity index (χ2v) is 7.48. The molecule has 0 bridgehead atoms. The van der Waals surface area contributed by atoms with Gasteiger partial charge in [0.15, 0.2) is 0 Å². The molecule has 1 saturated carbocycles. The van der Waals surface area contributed by atoms with Gasteiger partial charge in [0, 0.05) is 25.2 Å². The maximum Gasteiger partial charge on any atom is 0.0431 e. The molecule has 3 heteroatoms. The summed E-state index contributed by atoms with van der Waals surface area (Å²) in [4.78, 5) is 2.71. The van der Waals surface area contributed by atoms with Crippen LogP contribution in [0.1, 0.15) is 59.3 Å². The van der Waals surface area contributed by atoms with Crippen molar-refractivity contribution in [1.82, 2.24) is 10.2 Å². The first-order valence-corrected chi connectivity index (χ1v) is 8.66. The number of nitrogens with one attached hydrogen (secondary N) is 1. The normalized spacial score (nSPS) is 33.9. The molecular weight excluding hydrogens is 248 g/mol. The summed E-state index contributed by atoms with van der Waals surface area (Å²) in [6.45, 7) is 11.0. The summed E-state index contributed by atoms with van der Waals surface area (Å²) in [5.41, 5.74) is 0.445. The van der Waals surface area contributed by atoms with Gasteiger partial charge in [0.1, 0.15) is 0 Å². The highest BCUT2D eigenvalue weighted by molar-refractivity contribution is 4.98. The highest BCUT2D eigenvalue weighted by Gasteiger charge is 2.42. The third-order valence-corrected chi connectivity index (χ3v) is 5.56. The van der Waals surface area contributed by atoms with Crippen LogP contribution >= 0.6 is 0 Å². The van der Waals surface area contributed by atoms with Gasteiger partial charge in [0.05, 0.1) is 0 Å². The van der Waals surface area contributed by atoms with E-state index in [0.717, 1.165) is 24.9 Å². The Labute approximate surface area is 125 Å². The van der Waals surface area contributed by atoms with Crippen LogP contribution < -0.4 is 5.32 Å². The SMILES string of the molecule is CCNC1C(CN2CCCC2CCCO)CCC1(C)C. The van der Waals surface area contributed by atoms with Crippen LogP contribution in [0.4, 0.5) is 0 Å². The molecule has 3 atom stereocenters. The molecule has 20 heavy (non-hydrogen) atoms. The van der Waals surface area contributed by atoms with E-state index in [2.05, 4.69) is 31.0 Å². The Morgan fingerprint density at radius 3 is 2.80 bits per heavy atom. The van der Waals surface area contributed by atoms with E-state index in [1.54, 1.807) is 0 Å². The highest BCUT2D eigenvalue weighted by Crippen LogP contribution is 2.42. The fraction of sp³-hybridized carbons (Fsp3) is 1.00. The molecule has 1 heterocycles. The molecule has 2 fully saturated rings. The summed E-state index contributed by atoms with van der Waals surface area (Å²) >= 11 is 0. The van der Waals surface area contributed by atoms with Gasteiger partial charge < -0.3 is 15.3 Å². The molecule has 2 rings (SSSR count). The third kappa shape index (κ3) is 3.75.